The van der Waals surface area contributed by atoms with Crippen molar-refractivity contribution in [2.75, 3.05) is 13.7 Å². The van der Waals surface area contributed by atoms with Crippen molar-refractivity contribution in [2.24, 2.45) is 0 Å². The molecule has 0 aliphatic rings. The van der Waals surface area contributed by atoms with Gasteiger partial charge in [-0.15, -0.1) is 16.4 Å². The van der Waals surface area contributed by atoms with E-state index in [9.17, 15) is 4.79 Å². The van der Waals surface area contributed by atoms with Crippen LogP contribution in [0.25, 0.3) is 16.3 Å². The number of aromatic nitrogens is 3. The van der Waals surface area contributed by atoms with Gasteiger partial charge in [-0.1, -0.05) is 35.9 Å². The minimum Gasteiger partial charge on any atom is -0.497 e. The number of thiazole rings is 1. The van der Waals surface area contributed by atoms with Gasteiger partial charge >= 0.3 is 0 Å². The Labute approximate surface area is 173 Å². The summed E-state index contributed by atoms with van der Waals surface area (Å²) in [4.78, 5) is 17.7. The van der Waals surface area contributed by atoms with Gasteiger partial charge in [0.1, 0.15) is 5.75 Å². The van der Waals surface area contributed by atoms with E-state index in [-0.39, 0.29) is 5.91 Å². The van der Waals surface area contributed by atoms with Gasteiger partial charge in [-0.2, -0.15) is 4.98 Å². The molecule has 29 heavy (non-hydrogen) atoms. The minimum absolute atomic E-state index is 0.000630. The molecule has 6 nitrogen and oxygen atoms in total. The summed E-state index contributed by atoms with van der Waals surface area (Å²) in [6.07, 6.45) is 1.05. The summed E-state index contributed by atoms with van der Waals surface area (Å²) in [5.74, 6) is 1.51. The zero-order chi connectivity index (χ0) is 20.2. The molecule has 0 saturated carbocycles. The first-order valence-electron chi connectivity index (χ1n) is 9.42. The Morgan fingerprint density at radius 2 is 2.03 bits per heavy atom. The first-order valence-corrected chi connectivity index (χ1v) is 10.3. The molecule has 0 aliphatic heterocycles. The van der Waals surface area contributed by atoms with Crippen LogP contribution in [0.5, 0.6) is 5.75 Å². The molecule has 4 aromatic rings. The van der Waals surface area contributed by atoms with Crippen LogP contribution in [0.1, 0.15) is 16.8 Å². The summed E-state index contributed by atoms with van der Waals surface area (Å²) in [7, 11) is 1.63. The molecule has 0 atom stereocenters. The number of nitrogens with zero attached hydrogens (tertiary/aromatic N) is 3. The number of benzene rings is 2. The third-order valence-corrected chi connectivity index (χ3v) is 5.52. The highest BCUT2D eigenvalue weighted by atomic mass is 32.1. The van der Waals surface area contributed by atoms with E-state index in [0.29, 0.717) is 19.4 Å². The van der Waals surface area contributed by atoms with Crippen molar-refractivity contribution in [3.63, 3.8) is 0 Å². The van der Waals surface area contributed by atoms with Gasteiger partial charge in [0.25, 0.3) is 0 Å². The number of ether oxygens (including phenoxy) is 1. The fraction of sp³-hybridized carbons (Fsp3) is 0.227. The molecule has 0 bridgehead atoms. The minimum atomic E-state index is 0.000630. The van der Waals surface area contributed by atoms with Gasteiger partial charge in [0.15, 0.2) is 5.82 Å². The van der Waals surface area contributed by atoms with E-state index < -0.39 is 0 Å². The molecule has 0 spiro atoms. The summed E-state index contributed by atoms with van der Waals surface area (Å²) < 4.78 is 7.01. The van der Waals surface area contributed by atoms with E-state index in [1.165, 1.54) is 5.56 Å². The molecule has 0 fully saturated rings. The first kappa shape index (κ1) is 19.1. The SMILES string of the molecule is COc1ccc(CC(=O)NCCc2csc3nc(-c4cccc(C)c4)nn23)cc1. The fourth-order valence-electron chi connectivity index (χ4n) is 3.12. The summed E-state index contributed by atoms with van der Waals surface area (Å²) in [6, 6.07) is 15.7. The lowest BCUT2D eigenvalue weighted by Crippen LogP contribution is -2.27. The third kappa shape index (κ3) is 4.46. The second-order valence-electron chi connectivity index (χ2n) is 6.85. The molecule has 2 heterocycles. The van der Waals surface area contributed by atoms with Gasteiger partial charge in [-0.3, -0.25) is 4.79 Å². The number of hydrogen-bond donors (Lipinski definition) is 1. The molecule has 0 saturated heterocycles. The summed E-state index contributed by atoms with van der Waals surface area (Å²) >= 11 is 1.56. The monoisotopic (exact) mass is 406 g/mol. The smallest absolute Gasteiger partial charge is 0.224 e. The topological polar surface area (TPSA) is 68.5 Å². The van der Waals surface area contributed by atoms with Crippen LogP contribution in [-0.2, 0) is 17.6 Å². The van der Waals surface area contributed by atoms with Crippen LogP contribution in [-0.4, -0.2) is 34.2 Å². The van der Waals surface area contributed by atoms with Gasteiger partial charge in [0.05, 0.1) is 19.2 Å². The Kier molecular flexibility index (Phi) is 5.57. The second-order valence-corrected chi connectivity index (χ2v) is 7.69. The largest absolute Gasteiger partial charge is 0.497 e. The van der Waals surface area contributed by atoms with Crippen molar-refractivity contribution in [1.29, 1.82) is 0 Å². The predicted molar refractivity (Wildman–Crippen MR) is 114 cm³/mol. The molecule has 0 aliphatic carbocycles. The molecule has 1 amide bonds. The van der Waals surface area contributed by atoms with Crippen molar-refractivity contribution in [2.45, 2.75) is 19.8 Å². The number of nitrogens with one attached hydrogen (secondary N) is 1. The molecule has 7 heteroatoms. The zero-order valence-electron chi connectivity index (χ0n) is 16.4. The maximum atomic E-state index is 12.2. The quantitative estimate of drug-likeness (QED) is 0.508. The van der Waals surface area contributed by atoms with E-state index in [4.69, 9.17) is 4.74 Å². The van der Waals surface area contributed by atoms with Gasteiger partial charge in [0.2, 0.25) is 10.9 Å². The number of amides is 1. The average molecular weight is 407 g/mol. The molecule has 0 unspecified atom stereocenters. The van der Waals surface area contributed by atoms with Crippen LogP contribution >= 0.6 is 11.3 Å². The summed E-state index contributed by atoms with van der Waals surface area (Å²) in [6.45, 7) is 2.61. The number of methoxy groups -OCH3 is 1. The molecule has 4 rings (SSSR count). The van der Waals surface area contributed by atoms with Crippen LogP contribution in [0, 0.1) is 6.92 Å². The van der Waals surface area contributed by atoms with E-state index in [1.54, 1.807) is 18.4 Å². The van der Waals surface area contributed by atoms with Crippen LogP contribution in [0.4, 0.5) is 0 Å². The molecule has 148 valence electrons. The molecule has 1 N–H and O–H groups in total. The number of fused-ring (bicyclic) bond motifs is 1. The molecule has 0 radical (unpaired) electrons. The van der Waals surface area contributed by atoms with Crippen LogP contribution in [0.2, 0.25) is 0 Å². The van der Waals surface area contributed by atoms with Crippen molar-refractivity contribution in [1.82, 2.24) is 19.9 Å². The second kappa shape index (κ2) is 8.45. The predicted octanol–water partition coefficient (Wildman–Crippen LogP) is 3.68. The standard InChI is InChI=1S/C22H22N4O2S/c1-15-4-3-5-17(12-15)21-24-22-26(25-21)18(14-29-22)10-11-23-20(27)13-16-6-8-19(28-2)9-7-16/h3-9,12,14H,10-11,13H2,1-2H3,(H,23,27). The number of carbonyl (C=O) groups excluding carboxylic acids is 1. The lowest BCUT2D eigenvalue weighted by Gasteiger charge is -2.06. The number of carbonyl (C=O) groups is 1. The Morgan fingerprint density at radius 3 is 2.79 bits per heavy atom. The highest BCUT2D eigenvalue weighted by Gasteiger charge is 2.12. The number of rotatable bonds is 7. The summed E-state index contributed by atoms with van der Waals surface area (Å²) in [5.41, 5.74) is 4.20. The summed E-state index contributed by atoms with van der Waals surface area (Å²) in [5, 5.41) is 9.69. The van der Waals surface area contributed by atoms with Crippen LogP contribution in [0.15, 0.2) is 53.9 Å². The zero-order valence-corrected chi connectivity index (χ0v) is 17.2. The highest BCUT2D eigenvalue weighted by molar-refractivity contribution is 7.15. The third-order valence-electron chi connectivity index (χ3n) is 4.65. The van der Waals surface area contributed by atoms with Gasteiger partial charge in [0, 0.05) is 23.9 Å². The van der Waals surface area contributed by atoms with E-state index in [1.807, 2.05) is 46.3 Å². The lowest BCUT2D eigenvalue weighted by atomic mass is 10.1. The molecule has 2 aromatic heterocycles. The fourth-order valence-corrected chi connectivity index (χ4v) is 3.98. The molecule has 2 aromatic carbocycles. The Balaban J connectivity index is 1.36. The van der Waals surface area contributed by atoms with Gasteiger partial charge in [-0.25, -0.2) is 4.52 Å². The van der Waals surface area contributed by atoms with Crippen molar-refractivity contribution < 1.29 is 9.53 Å². The van der Waals surface area contributed by atoms with Crippen molar-refractivity contribution in [3.05, 3.63) is 70.7 Å². The first-order chi connectivity index (χ1) is 14.1. The maximum absolute atomic E-state index is 12.2. The lowest BCUT2D eigenvalue weighted by molar-refractivity contribution is -0.120. The Morgan fingerprint density at radius 1 is 1.21 bits per heavy atom. The van der Waals surface area contributed by atoms with E-state index in [0.717, 1.165) is 33.4 Å². The van der Waals surface area contributed by atoms with Crippen LogP contribution in [0.3, 0.4) is 0 Å². The number of hydrogen-bond acceptors (Lipinski definition) is 5. The van der Waals surface area contributed by atoms with Gasteiger partial charge in [-0.05, 0) is 30.7 Å². The van der Waals surface area contributed by atoms with Crippen LogP contribution < -0.4 is 10.1 Å². The average Bonchev–Trinajstić information content (AvgIpc) is 3.30. The molecular formula is C22H22N4O2S. The maximum Gasteiger partial charge on any atom is 0.224 e. The Hall–Kier alpha value is -3.19. The van der Waals surface area contributed by atoms with E-state index in [2.05, 4.69) is 34.5 Å². The van der Waals surface area contributed by atoms with E-state index >= 15 is 0 Å². The Bertz CT molecular complexity index is 1130. The normalized spacial score (nSPS) is 11.0. The van der Waals surface area contributed by atoms with Crippen molar-refractivity contribution >= 4 is 22.2 Å². The highest BCUT2D eigenvalue weighted by Crippen LogP contribution is 2.21. The van der Waals surface area contributed by atoms with Crippen molar-refractivity contribution in [3.8, 4) is 17.1 Å². The van der Waals surface area contributed by atoms with Gasteiger partial charge < -0.3 is 10.1 Å². The number of aryl methyl sites for hydroxylation is 1. The molecular weight excluding hydrogens is 384 g/mol.